The first-order chi connectivity index (χ1) is 8.74. The monoisotopic (exact) mass is 239 g/mol. The van der Waals surface area contributed by atoms with Gasteiger partial charge in [0.1, 0.15) is 0 Å². The first kappa shape index (κ1) is 11.3. The topological polar surface area (TPSA) is 32.9 Å². The van der Waals surface area contributed by atoms with Crippen molar-refractivity contribution in [1.82, 2.24) is 4.98 Å². The van der Waals surface area contributed by atoms with E-state index >= 15 is 0 Å². The molecule has 1 N–H and O–H groups in total. The van der Waals surface area contributed by atoms with E-state index in [1.165, 1.54) is 30.4 Å². The minimum atomic E-state index is -0.00565. The molecule has 1 fully saturated rings. The Morgan fingerprint density at radius 3 is 2.67 bits per heavy atom. The van der Waals surface area contributed by atoms with Gasteiger partial charge in [0.25, 0.3) is 5.56 Å². The zero-order valence-electron chi connectivity index (χ0n) is 10.6. The number of pyridine rings is 1. The van der Waals surface area contributed by atoms with Gasteiger partial charge in [-0.25, -0.2) is 0 Å². The highest BCUT2D eigenvalue weighted by Gasteiger charge is 2.19. The van der Waals surface area contributed by atoms with Crippen LogP contribution in [0.15, 0.2) is 41.3 Å². The summed E-state index contributed by atoms with van der Waals surface area (Å²) >= 11 is 0. The molecule has 2 aromatic rings. The molecule has 18 heavy (non-hydrogen) atoms. The Bertz CT molecular complexity index is 623. The van der Waals surface area contributed by atoms with Crippen molar-refractivity contribution in [3.63, 3.8) is 0 Å². The van der Waals surface area contributed by atoms with Gasteiger partial charge in [-0.05, 0) is 48.4 Å². The van der Waals surface area contributed by atoms with Gasteiger partial charge in [0.2, 0.25) is 0 Å². The second kappa shape index (κ2) is 4.45. The highest BCUT2D eigenvalue weighted by Crippen LogP contribution is 2.37. The summed E-state index contributed by atoms with van der Waals surface area (Å²) in [5.74, 6) is 0.744. The van der Waals surface area contributed by atoms with Crippen molar-refractivity contribution in [3.05, 3.63) is 58.0 Å². The molecule has 0 unspecified atom stereocenters. The summed E-state index contributed by atoms with van der Waals surface area (Å²) in [7, 11) is 0. The van der Waals surface area contributed by atoms with Gasteiger partial charge in [-0.2, -0.15) is 0 Å². The summed E-state index contributed by atoms with van der Waals surface area (Å²) < 4.78 is 0. The third-order valence-electron chi connectivity index (χ3n) is 3.89. The van der Waals surface area contributed by atoms with E-state index in [1.54, 1.807) is 6.20 Å². The van der Waals surface area contributed by atoms with Gasteiger partial charge in [-0.1, -0.05) is 30.7 Å². The molecular weight excluding hydrogens is 222 g/mol. The van der Waals surface area contributed by atoms with Crippen molar-refractivity contribution >= 4 is 0 Å². The number of H-pyrrole nitrogens is 1. The molecule has 0 amide bonds. The van der Waals surface area contributed by atoms with Gasteiger partial charge < -0.3 is 4.98 Å². The molecule has 92 valence electrons. The van der Waals surface area contributed by atoms with Crippen LogP contribution in [-0.4, -0.2) is 4.98 Å². The van der Waals surface area contributed by atoms with E-state index in [0.29, 0.717) is 0 Å². The average Bonchev–Trinajstić information content (AvgIpc) is 2.31. The Morgan fingerprint density at radius 2 is 2.00 bits per heavy atom. The maximum atomic E-state index is 11.4. The van der Waals surface area contributed by atoms with E-state index in [0.717, 1.165) is 17.0 Å². The van der Waals surface area contributed by atoms with Crippen LogP contribution >= 0.6 is 0 Å². The third kappa shape index (κ3) is 1.99. The van der Waals surface area contributed by atoms with E-state index in [1.807, 2.05) is 13.0 Å². The molecule has 1 aliphatic rings. The summed E-state index contributed by atoms with van der Waals surface area (Å²) in [6, 6.07) is 10.7. The highest BCUT2D eigenvalue weighted by atomic mass is 16.1. The minimum Gasteiger partial charge on any atom is -0.328 e. The molecule has 1 aromatic carbocycles. The van der Waals surface area contributed by atoms with Crippen LogP contribution in [0.4, 0.5) is 0 Å². The Kier molecular flexibility index (Phi) is 2.78. The predicted molar refractivity (Wildman–Crippen MR) is 73.8 cm³/mol. The van der Waals surface area contributed by atoms with Gasteiger partial charge >= 0.3 is 0 Å². The van der Waals surface area contributed by atoms with Crippen molar-refractivity contribution in [3.8, 4) is 11.1 Å². The Labute approximate surface area is 107 Å². The van der Waals surface area contributed by atoms with Gasteiger partial charge in [-0.3, -0.25) is 4.79 Å². The molecule has 2 heteroatoms. The van der Waals surface area contributed by atoms with E-state index in [4.69, 9.17) is 0 Å². The third-order valence-corrected chi connectivity index (χ3v) is 3.89. The summed E-state index contributed by atoms with van der Waals surface area (Å²) in [5.41, 5.74) is 4.48. The number of aryl methyl sites for hydroxylation is 1. The van der Waals surface area contributed by atoms with Crippen molar-refractivity contribution in [2.45, 2.75) is 32.1 Å². The number of aromatic nitrogens is 1. The molecule has 0 radical (unpaired) electrons. The highest BCUT2D eigenvalue weighted by molar-refractivity contribution is 5.64. The summed E-state index contributed by atoms with van der Waals surface area (Å²) in [5, 5.41) is 0. The molecule has 2 nitrogen and oxygen atoms in total. The predicted octanol–water partition coefficient (Wildman–Crippen LogP) is 3.62. The van der Waals surface area contributed by atoms with Crippen LogP contribution in [0.1, 0.15) is 36.3 Å². The smallest absolute Gasteiger partial charge is 0.250 e. The molecule has 3 rings (SSSR count). The first-order valence-electron chi connectivity index (χ1n) is 6.54. The van der Waals surface area contributed by atoms with Crippen LogP contribution in [0, 0.1) is 6.92 Å². The number of hydrogen-bond donors (Lipinski definition) is 1. The van der Waals surface area contributed by atoms with Gasteiger partial charge in [0, 0.05) is 11.8 Å². The zero-order chi connectivity index (χ0) is 12.5. The molecule has 1 heterocycles. The van der Waals surface area contributed by atoms with Crippen LogP contribution < -0.4 is 5.56 Å². The van der Waals surface area contributed by atoms with Gasteiger partial charge in [-0.15, -0.1) is 0 Å². The quantitative estimate of drug-likeness (QED) is 0.853. The summed E-state index contributed by atoms with van der Waals surface area (Å²) in [6.45, 7) is 1.85. The number of rotatable bonds is 2. The van der Waals surface area contributed by atoms with Crippen LogP contribution in [-0.2, 0) is 0 Å². The Balaban J connectivity index is 2.00. The van der Waals surface area contributed by atoms with Crippen LogP contribution in [0.2, 0.25) is 0 Å². The molecule has 0 saturated heterocycles. The van der Waals surface area contributed by atoms with E-state index in [-0.39, 0.29) is 5.56 Å². The van der Waals surface area contributed by atoms with E-state index in [9.17, 15) is 4.79 Å². The maximum absolute atomic E-state index is 11.4. The number of benzene rings is 1. The number of hydrogen-bond acceptors (Lipinski definition) is 1. The number of aromatic amines is 1. The first-order valence-corrected chi connectivity index (χ1v) is 6.54. The second-order valence-corrected chi connectivity index (χ2v) is 5.15. The van der Waals surface area contributed by atoms with Crippen molar-refractivity contribution < 1.29 is 0 Å². The summed E-state index contributed by atoms with van der Waals surface area (Å²) in [6.07, 6.45) is 5.78. The normalized spacial score (nSPS) is 15.4. The van der Waals surface area contributed by atoms with Crippen molar-refractivity contribution in [2.24, 2.45) is 0 Å². The lowest BCUT2D eigenvalue weighted by atomic mass is 9.79. The van der Waals surface area contributed by atoms with Crippen molar-refractivity contribution in [2.75, 3.05) is 0 Å². The van der Waals surface area contributed by atoms with Crippen molar-refractivity contribution in [1.29, 1.82) is 0 Å². The van der Waals surface area contributed by atoms with Gasteiger partial charge in [0.05, 0.1) is 0 Å². The largest absolute Gasteiger partial charge is 0.328 e. The SMILES string of the molecule is Cc1cc(-c2cccc(C3CCC3)c2)c[nH]c1=O. The maximum Gasteiger partial charge on any atom is 0.250 e. The van der Waals surface area contributed by atoms with Crippen LogP contribution in [0.25, 0.3) is 11.1 Å². The molecule has 0 aliphatic heterocycles. The molecule has 0 atom stereocenters. The molecule has 0 spiro atoms. The second-order valence-electron chi connectivity index (χ2n) is 5.15. The Morgan fingerprint density at radius 1 is 1.17 bits per heavy atom. The fourth-order valence-electron chi connectivity index (χ4n) is 2.48. The fraction of sp³-hybridized carbons (Fsp3) is 0.312. The fourth-order valence-corrected chi connectivity index (χ4v) is 2.48. The average molecular weight is 239 g/mol. The van der Waals surface area contributed by atoms with Crippen LogP contribution in [0.3, 0.4) is 0 Å². The van der Waals surface area contributed by atoms with E-state index < -0.39 is 0 Å². The lowest BCUT2D eigenvalue weighted by molar-refractivity contribution is 0.420. The standard InChI is InChI=1S/C16H17NO/c1-11-8-15(10-17-16(11)18)14-7-3-6-13(9-14)12-4-2-5-12/h3,6-10,12H,2,4-5H2,1H3,(H,17,18). The summed E-state index contributed by atoms with van der Waals surface area (Å²) in [4.78, 5) is 14.2. The minimum absolute atomic E-state index is 0.00565. The molecule has 1 saturated carbocycles. The van der Waals surface area contributed by atoms with E-state index in [2.05, 4.69) is 29.2 Å². The lowest BCUT2D eigenvalue weighted by Gasteiger charge is -2.26. The number of nitrogens with one attached hydrogen (secondary N) is 1. The molecule has 1 aromatic heterocycles. The molecule has 0 bridgehead atoms. The Hall–Kier alpha value is -1.83. The van der Waals surface area contributed by atoms with Gasteiger partial charge in [0.15, 0.2) is 0 Å². The molecule has 1 aliphatic carbocycles. The lowest BCUT2D eigenvalue weighted by Crippen LogP contribution is -2.09. The van der Waals surface area contributed by atoms with Crippen LogP contribution in [0.5, 0.6) is 0 Å². The molecular formula is C16H17NO. The zero-order valence-corrected chi connectivity index (χ0v) is 10.6.